The number of ether oxygens (including phenoxy) is 1. The Morgan fingerprint density at radius 3 is 2.55 bits per heavy atom. The third-order valence-corrected chi connectivity index (χ3v) is 3.02. The van der Waals surface area contributed by atoms with Crippen molar-refractivity contribution in [2.75, 3.05) is 12.8 Å². The fourth-order valence-electron chi connectivity index (χ4n) is 1.99. The van der Waals surface area contributed by atoms with E-state index < -0.39 is 0 Å². The van der Waals surface area contributed by atoms with Crippen LogP contribution in [0.3, 0.4) is 0 Å². The molecular formula is C15H14N4O. The van der Waals surface area contributed by atoms with Gasteiger partial charge in [-0.2, -0.15) is 5.10 Å². The molecule has 0 atom stereocenters. The normalized spacial score (nSPS) is 10.4. The van der Waals surface area contributed by atoms with Crippen molar-refractivity contribution in [1.82, 2.24) is 15.2 Å². The number of benzene rings is 2. The summed E-state index contributed by atoms with van der Waals surface area (Å²) in [6.45, 7) is 0. The van der Waals surface area contributed by atoms with Gasteiger partial charge in [0.25, 0.3) is 0 Å². The highest BCUT2D eigenvalue weighted by molar-refractivity contribution is 5.67. The highest BCUT2D eigenvalue weighted by Crippen LogP contribution is 2.27. The van der Waals surface area contributed by atoms with Gasteiger partial charge in [-0.1, -0.05) is 30.3 Å². The number of nitrogens with zero attached hydrogens (tertiary/aromatic N) is 2. The summed E-state index contributed by atoms with van der Waals surface area (Å²) >= 11 is 0. The Morgan fingerprint density at radius 1 is 1.05 bits per heavy atom. The molecule has 0 aliphatic carbocycles. The molecule has 3 aromatic rings. The van der Waals surface area contributed by atoms with Crippen molar-refractivity contribution in [3.63, 3.8) is 0 Å². The van der Waals surface area contributed by atoms with Crippen LogP contribution in [0.15, 0.2) is 48.5 Å². The van der Waals surface area contributed by atoms with Crippen molar-refractivity contribution in [3.8, 4) is 28.5 Å². The lowest BCUT2D eigenvalue weighted by Gasteiger charge is -2.04. The smallest absolute Gasteiger partial charge is 0.181 e. The molecular weight excluding hydrogens is 252 g/mol. The van der Waals surface area contributed by atoms with E-state index in [2.05, 4.69) is 15.2 Å². The monoisotopic (exact) mass is 266 g/mol. The van der Waals surface area contributed by atoms with Crippen LogP contribution in [0.4, 0.5) is 5.69 Å². The van der Waals surface area contributed by atoms with E-state index in [0.29, 0.717) is 17.3 Å². The van der Waals surface area contributed by atoms with Crippen LogP contribution in [-0.2, 0) is 0 Å². The topological polar surface area (TPSA) is 76.8 Å². The van der Waals surface area contributed by atoms with Gasteiger partial charge in [-0.25, -0.2) is 4.98 Å². The first-order valence-electron chi connectivity index (χ1n) is 6.19. The molecule has 1 aromatic heterocycles. The van der Waals surface area contributed by atoms with Crippen LogP contribution in [-0.4, -0.2) is 22.3 Å². The van der Waals surface area contributed by atoms with Gasteiger partial charge in [0.2, 0.25) is 0 Å². The van der Waals surface area contributed by atoms with Gasteiger partial charge in [-0.15, -0.1) is 0 Å². The second kappa shape index (κ2) is 5.05. The zero-order chi connectivity index (χ0) is 13.9. The molecule has 3 N–H and O–H groups in total. The number of rotatable bonds is 3. The number of nitrogen functional groups attached to an aromatic ring is 1. The van der Waals surface area contributed by atoms with Crippen molar-refractivity contribution in [1.29, 1.82) is 0 Å². The van der Waals surface area contributed by atoms with Gasteiger partial charge in [0, 0.05) is 11.1 Å². The van der Waals surface area contributed by atoms with Crippen LogP contribution >= 0.6 is 0 Å². The zero-order valence-electron chi connectivity index (χ0n) is 11.0. The van der Waals surface area contributed by atoms with Crippen molar-refractivity contribution in [3.05, 3.63) is 48.5 Å². The lowest BCUT2D eigenvalue weighted by molar-refractivity contribution is 0.417. The van der Waals surface area contributed by atoms with Crippen LogP contribution in [0, 0.1) is 0 Å². The van der Waals surface area contributed by atoms with E-state index >= 15 is 0 Å². The van der Waals surface area contributed by atoms with E-state index in [9.17, 15) is 0 Å². The molecule has 5 heteroatoms. The predicted octanol–water partition coefficient (Wildman–Crippen LogP) is 2.73. The Morgan fingerprint density at radius 2 is 1.85 bits per heavy atom. The number of nitrogens with one attached hydrogen (secondary N) is 1. The average Bonchev–Trinajstić information content (AvgIpc) is 2.98. The third-order valence-electron chi connectivity index (χ3n) is 3.02. The van der Waals surface area contributed by atoms with Crippen molar-refractivity contribution in [2.45, 2.75) is 0 Å². The Hall–Kier alpha value is -2.82. The lowest BCUT2D eigenvalue weighted by atomic mass is 10.2. The summed E-state index contributed by atoms with van der Waals surface area (Å²) in [6, 6.07) is 15.3. The van der Waals surface area contributed by atoms with Crippen LogP contribution in [0.5, 0.6) is 5.75 Å². The fraction of sp³-hybridized carbons (Fsp3) is 0.0667. The van der Waals surface area contributed by atoms with Gasteiger partial charge in [-0.05, 0) is 18.2 Å². The van der Waals surface area contributed by atoms with Crippen LogP contribution in [0.2, 0.25) is 0 Å². The summed E-state index contributed by atoms with van der Waals surface area (Å²) in [5.74, 6) is 1.99. The first kappa shape index (κ1) is 12.2. The molecule has 0 radical (unpaired) electrons. The van der Waals surface area contributed by atoms with Crippen molar-refractivity contribution in [2.24, 2.45) is 0 Å². The molecule has 1 heterocycles. The number of aromatic nitrogens is 3. The summed E-state index contributed by atoms with van der Waals surface area (Å²) in [4.78, 5) is 4.48. The van der Waals surface area contributed by atoms with E-state index in [1.54, 1.807) is 13.2 Å². The first-order valence-corrected chi connectivity index (χ1v) is 6.19. The number of aromatic amines is 1. The van der Waals surface area contributed by atoms with E-state index in [1.165, 1.54) is 0 Å². The SMILES string of the molecule is COc1ccc(-c2n[nH]c(-c3ccccc3)n2)cc1N. The second-order valence-corrected chi connectivity index (χ2v) is 4.33. The molecule has 0 fully saturated rings. The van der Waals surface area contributed by atoms with Crippen molar-refractivity contribution < 1.29 is 4.74 Å². The molecule has 0 unspecified atom stereocenters. The minimum atomic E-state index is 0.566. The highest BCUT2D eigenvalue weighted by atomic mass is 16.5. The number of anilines is 1. The van der Waals surface area contributed by atoms with Crippen LogP contribution < -0.4 is 10.5 Å². The Labute approximate surface area is 116 Å². The summed E-state index contributed by atoms with van der Waals surface area (Å²) in [5.41, 5.74) is 8.30. The lowest BCUT2D eigenvalue weighted by Crippen LogP contribution is -1.93. The molecule has 0 amide bonds. The number of methoxy groups -OCH3 is 1. The molecule has 0 spiro atoms. The molecule has 20 heavy (non-hydrogen) atoms. The predicted molar refractivity (Wildman–Crippen MR) is 78.2 cm³/mol. The largest absolute Gasteiger partial charge is 0.495 e. The maximum Gasteiger partial charge on any atom is 0.181 e. The Kier molecular flexibility index (Phi) is 3.09. The third kappa shape index (κ3) is 2.21. The average molecular weight is 266 g/mol. The maximum atomic E-state index is 5.90. The summed E-state index contributed by atoms with van der Waals surface area (Å²) < 4.78 is 5.14. The fourth-order valence-corrected chi connectivity index (χ4v) is 1.99. The molecule has 0 aliphatic heterocycles. The standard InChI is InChI=1S/C15H14N4O/c1-20-13-8-7-11(9-12(13)16)15-17-14(18-19-15)10-5-3-2-4-6-10/h2-9H,16H2,1H3,(H,17,18,19). The number of hydrogen-bond acceptors (Lipinski definition) is 4. The van der Waals surface area contributed by atoms with Gasteiger partial charge >= 0.3 is 0 Å². The highest BCUT2D eigenvalue weighted by Gasteiger charge is 2.09. The van der Waals surface area contributed by atoms with E-state index in [1.807, 2.05) is 42.5 Å². The van der Waals surface area contributed by atoms with Crippen molar-refractivity contribution >= 4 is 5.69 Å². The summed E-state index contributed by atoms with van der Waals surface area (Å²) in [6.07, 6.45) is 0. The quantitative estimate of drug-likeness (QED) is 0.715. The molecule has 3 rings (SSSR count). The van der Waals surface area contributed by atoms with E-state index in [0.717, 1.165) is 17.0 Å². The molecule has 2 aromatic carbocycles. The second-order valence-electron chi connectivity index (χ2n) is 4.33. The first-order chi connectivity index (χ1) is 9.78. The molecule has 100 valence electrons. The number of H-pyrrole nitrogens is 1. The molecule has 5 nitrogen and oxygen atoms in total. The molecule has 0 aliphatic rings. The zero-order valence-corrected chi connectivity index (χ0v) is 11.0. The minimum Gasteiger partial charge on any atom is -0.495 e. The number of nitrogens with two attached hydrogens (primary N) is 1. The van der Waals surface area contributed by atoms with Crippen LogP contribution in [0.1, 0.15) is 0 Å². The van der Waals surface area contributed by atoms with E-state index in [-0.39, 0.29) is 0 Å². The van der Waals surface area contributed by atoms with Gasteiger partial charge in [-0.3, -0.25) is 5.10 Å². The minimum absolute atomic E-state index is 0.566. The molecule has 0 saturated carbocycles. The summed E-state index contributed by atoms with van der Waals surface area (Å²) in [5, 5.41) is 7.16. The molecule has 0 bridgehead atoms. The van der Waals surface area contributed by atoms with E-state index in [4.69, 9.17) is 10.5 Å². The molecule has 0 saturated heterocycles. The van der Waals surface area contributed by atoms with Crippen LogP contribution in [0.25, 0.3) is 22.8 Å². The summed E-state index contributed by atoms with van der Waals surface area (Å²) in [7, 11) is 1.59. The van der Waals surface area contributed by atoms with Gasteiger partial charge < -0.3 is 10.5 Å². The Balaban J connectivity index is 1.96. The van der Waals surface area contributed by atoms with Gasteiger partial charge in [0.1, 0.15) is 5.75 Å². The van der Waals surface area contributed by atoms with Gasteiger partial charge in [0.05, 0.1) is 12.8 Å². The Bertz CT molecular complexity index is 722. The number of hydrogen-bond donors (Lipinski definition) is 2. The van der Waals surface area contributed by atoms with Gasteiger partial charge in [0.15, 0.2) is 11.6 Å². The maximum absolute atomic E-state index is 5.90.